The Morgan fingerprint density at radius 3 is 2.95 bits per heavy atom. The van der Waals surface area contributed by atoms with Crippen LogP contribution in [-0.2, 0) is 12.0 Å². The van der Waals surface area contributed by atoms with E-state index in [9.17, 15) is 0 Å². The number of H-pyrrole nitrogens is 1. The average Bonchev–Trinajstić information content (AvgIpc) is 3.08. The third kappa shape index (κ3) is 2.66. The molecule has 0 bridgehead atoms. The molecule has 1 atom stereocenters. The number of hydrogen-bond acceptors (Lipinski definition) is 3. The molecule has 4 heteroatoms. The van der Waals surface area contributed by atoms with Crippen molar-refractivity contribution in [2.24, 2.45) is 0 Å². The predicted octanol–water partition coefficient (Wildman–Crippen LogP) is 3.64. The van der Waals surface area contributed by atoms with Crippen LogP contribution in [0.25, 0.3) is 0 Å². The lowest BCUT2D eigenvalue weighted by atomic mass is 9.94. The van der Waals surface area contributed by atoms with E-state index in [-0.39, 0.29) is 5.41 Å². The molecule has 2 aromatic rings. The average molecular weight is 273 g/mol. The molecule has 0 amide bonds. The number of nitrogens with one attached hydrogen (secondary N) is 1. The number of likely N-dealkylation sites (tertiary alicyclic amines) is 1. The molecule has 1 fully saturated rings. The zero-order chi connectivity index (χ0) is 14.2. The summed E-state index contributed by atoms with van der Waals surface area (Å²) in [6.45, 7) is 8.34. The second-order valence-corrected chi connectivity index (χ2v) is 6.62. The Balaban J connectivity index is 1.72. The van der Waals surface area contributed by atoms with Crippen molar-refractivity contribution in [3.63, 3.8) is 0 Å². The first-order valence-electron chi connectivity index (χ1n) is 7.36. The van der Waals surface area contributed by atoms with E-state index in [1.807, 2.05) is 12.4 Å². The van der Waals surface area contributed by atoms with Crippen LogP contribution in [0.15, 0.2) is 28.9 Å². The summed E-state index contributed by atoms with van der Waals surface area (Å²) in [7, 11) is 0. The number of hydrogen-bond donors (Lipinski definition) is 1. The van der Waals surface area contributed by atoms with Crippen molar-refractivity contribution in [1.82, 2.24) is 14.9 Å². The van der Waals surface area contributed by atoms with Crippen LogP contribution in [0.2, 0.25) is 0 Å². The summed E-state index contributed by atoms with van der Waals surface area (Å²) in [5.41, 5.74) is 1.32. The van der Waals surface area contributed by atoms with Crippen molar-refractivity contribution in [2.45, 2.75) is 51.6 Å². The minimum Gasteiger partial charge on any atom is -0.444 e. The van der Waals surface area contributed by atoms with Crippen molar-refractivity contribution in [2.75, 3.05) is 6.54 Å². The summed E-state index contributed by atoms with van der Waals surface area (Å²) in [5.74, 6) is 1.79. The van der Waals surface area contributed by atoms with E-state index >= 15 is 0 Å². The maximum atomic E-state index is 5.91. The van der Waals surface area contributed by atoms with Crippen molar-refractivity contribution in [3.8, 4) is 0 Å². The normalized spacial score (nSPS) is 20.6. The number of oxazole rings is 1. The summed E-state index contributed by atoms with van der Waals surface area (Å²) in [6.07, 6.45) is 6.30. The van der Waals surface area contributed by atoms with Gasteiger partial charge in [0.25, 0.3) is 0 Å². The van der Waals surface area contributed by atoms with Crippen molar-refractivity contribution in [1.29, 1.82) is 0 Å². The molecule has 108 valence electrons. The smallest absolute Gasteiger partial charge is 0.208 e. The van der Waals surface area contributed by atoms with Gasteiger partial charge in [-0.25, -0.2) is 4.98 Å². The van der Waals surface area contributed by atoms with E-state index < -0.39 is 0 Å². The van der Waals surface area contributed by atoms with Crippen LogP contribution in [0.1, 0.15) is 57.0 Å². The zero-order valence-electron chi connectivity index (χ0n) is 12.5. The van der Waals surface area contributed by atoms with E-state index in [1.165, 1.54) is 18.5 Å². The van der Waals surface area contributed by atoms with Gasteiger partial charge in [0.1, 0.15) is 5.76 Å². The van der Waals surface area contributed by atoms with Crippen LogP contribution in [-0.4, -0.2) is 21.4 Å². The van der Waals surface area contributed by atoms with Crippen LogP contribution in [0.3, 0.4) is 0 Å². The summed E-state index contributed by atoms with van der Waals surface area (Å²) in [5, 5.41) is 0. The summed E-state index contributed by atoms with van der Waals surface area (Å²) < 4.78 is 5.91. The molecule has 0 aromatic carbocycles. The van der Waals surface area contributed by atoms with E-state index in [4.69, 9.17) is 4.42 Å². The summed E-state index contributed by atoms with van der Waals surface area (Å²) in [6, 6.07) is 4.70. The number of aromatic amines is 1. The Bertz CT molecular complexity index is 551. The second kappa shape index (κ2) is 5.09. The molecule has 1 aliphatic heterocycles. The van der Waals surface area contributed by atoms with Crippen LogP contribution >= 0.6 is 0 Å². The first-order chi connectivity index (χ1) is 9.54. The Morgan fingerprint density at radius 2 is 2.30 bits per heavy atom. The Labute approximate surface area is 120 Å². The van der Waals surface area contributed by atoms with E-state index in [1.54, 1.807) is 0 Å². The largest absolute Gasteiger partial charge is 0.444 e. The number of nitrogens with zero attached hydrogens (tertiary/aromatic N) is 2. The van der Waals surface area contributed by atoms with Gasteiger partial charge in [-0.15, -0.1) is 0 Å². The lowest BCUT2D eigenvalue weighted by Gasteiger charge is -2.22. The first kappa shape index (κ1) is 13.4. The van der Waals surface area contributed by atoms with Crippen LogP contribution in [0, 0.1) is 0 Å². The van der Waals surface area contributed by atoms with Crippen molar-refractivity contribution in [3.05, 3.63) is 41.9 Å². The van der Waals surface area contributed by atoms with Crippen molar-refractivity contribution >= 4 is 0 Å². The Morgan fingerprint density at radius 1 is 1.45 bits per heavy atom. The van der Waals surface area contributed by atoms with Gasteiger partial charge in [-0.1, -0.05) is 20.8 Å². The van der Waals surface area contributed by atoms with Gasteiger partial charge < -0.3 is 9.40 Å². The van der Waals surface area contributed by atoms with Gasteiger partial charge in [-0.2, -0.15) is 0 Å². The molecule has 3 heterocycles. The standard InChI is InChI=1S/C16H23N3O/c1-16(2,3)14-10-18-15(20-14)11-19-9-5-7-13(19)12-6-4-8-17-12/h4,6,8,10,13,17H,5,7,9,11H2,1-3H3. The minimum absolute atomic E-state index is 0.0229. The fraction of sp³-hybridized carbons (Fsp3) is 0.562. The highest BCUT2D eigenvalue weighted by molar-refractivity contribution is 5.11. The third-order valence-electron chi connectivity index (χ3n) is 3.98. The predicted molar refractivity (Wildman–Crippen MR) is 78.4 cm³/mol. The van der Waals surface area contributed by atoms with Crippen LogP contribution in [0.5, 0.6) is 0 Å². The quantitative estimate of drug-likeness (QED) is 0.928. The highest BCUT2D eigenvalue weighted by atomic mass is 16.4. The Kier molecular flexibility index (Phi) is 3.42. The molecule has 1 saturated heterocycles. The highest BCUT2D eigenvalue weighted by Crippen LogP contribution is 2.32. The first-order valence-corrected chi connectivity index (χ1v) is 7.36. The molecular weight excluding hydrogens is 250 g/mol. The lowest BCUT2D eigenvalue weighted by Crippen LogP contribution is -2.23. The molecule has 4 nitrogen and oxygen atoms in total. The lowest BCUT2D eigenvalue weighted by molar-refractivity contribution is 0.215. The molecule has 0 aliphatic carbocycles. The third-order valence-corrected chi connectivity index (χ3v) is 3.98. The second-order valence-electron chi connectivity index (χ2n) is 6.62. The highest BCUT2D eigenvalue weighted by Gasteiger charge is 2.28. The minimum atomic E-state index is 0.0229. The molecule has 20 heavy (non-hydrogen) atoms. The number of aromatic nitrogens is 2. The molecule has 2 aromatic heterocycles. The molecule has 0 spiro atoms. The van der Waals surface area contributed by atoms with Crippen LogP contribution in [0.4, 0.5) is 0 Å². The van der Waals surface area contributed by atoms with Gasteiger partial charge in [0, 0.05) is 17.3 Å². The van der Waals surface area contributed by atoms with Gasteiger partial charge in [0.05, 0.1) is 18.8 Å². The van der Waals surface area contributed by atoms with Gasteiger partial charge in [0.15, 0.2) is 0 Å². The fourth-order valence-corrected chi connectivity index (χ4v) is 2.82. The maximum Gasteiger partial charge on any atom is 0.208 e. The maximum absolute atomic E-state index is 5.91. The van der Waals surface area contributed by atoms with Gasteiger partial charge >= 0.3 is 0 Å². The SMILES string of the molecule is CC(C)(C)c1cnc(CN2CCCC2c2ccc[nH]2)o1. The fourth-order valence-electron chi connectivity index (χ4n) is 2.82. The van der Waals surface area contributed by atoms with E-state index in [2.05, 4.69) is 47.8 Å². The van der Waals surface area contributed by atoms with Crippen molar-refractivity contribution < 1.29 is 4.42 Å². The van der Waals surface area contributed by atoms with E-state index in [0.717, 1.165) is 24.7 Å². The molecular formula is C16H23N3O. The molecule has 1 N–H and O–H groups in total. The summed E-state index contributed by atoms with van der Waals surface area (Å²) in [4.78, 5) is 10.2. The molecule has 0 saturated carbocycles. The van der Waals surface area contributed by atoms with Gasteiger partial charge in [0.2, 0.25) is 5.89 Å². The zero-order valence-corrected chi connectivity index (χ0v) is 12.5. The molecule has 1 unspecified atom stereocenters. The Hall–Kier alpha value is -1.55. The van der Waals surface area contributed by atoms with Crippen LogP contribution < -0.4 is 0 Å². The summed E-state index contributed by atoms with van der Waals surface area (Å²) >= 11 is 0. The van der Waals surface area contributed by atoms with Gasteiger partial charge in [-0.05, 0) is 31.5 Å². The number of rotatable bonds is 3. The molecule has 3 rings (SSSR count). The monoisotopic (exact) mass is 273 g/mol. The van der Waals surface area contributed by atoms with E-state index in [0.29, 0.717) is 6.04 Å². The topological polar surface area (TPSA) is 45.1 Å². The molecule has 1 aliphatic rings. The van der Waals surface area contributed by atoms with Gasteiger partial charge in [-0.3, -0.25) is 4.90 Å². The molecule has 0 radical (unpaired) electrons.